The Morgan fingerprint density at radius 3 is 2.33 bits per heavy atom. The summed E-state index contributed by atoms with van der Waals surface area (Å²) in [5, 5.41) is 8.69. The molecule has 12 heavy (non-hydrogen) atoms. The van der Waals surface area contributed by atoms with Crippen LogP contribution in [0.3, 0.4) is 0 Å². The molecule has 1 aromatic heterocycles. The summed E-state index contributed by atoms with van der Waals surface area (Å²) in [6.07, 6.45) is 0.523. The summed E-state index contributed by atoms with van der Waals surface area (Å²) in [6.45, 7) is 0. The predicted octanol–water partition coefficient (Wildman–Crippen LogP) is 2.78. The quantitative estimate of drug-likeness (QED) is 0.854. The van der Waals surface area contributed by atoms with Gasteiger partial charge in [0, 0.05) is 0 Å². The van der Waals surface area contributed by atoms with Crippen LogP contribution in [0.15, 0.2) is 7.57 Å². The van der Waals surface area contributed by atoms with Gasteiger partial charge in [-0.15, -0.1) is 11.3 Å². The Morgan fingerprint density at radius 1 is 1.42 bits per heavy atom. The smallest absolute Gasteiger partial charge is 0.338 e. The van der Waals surface area contributed by atoms with E-state index >= 15 is 0 Å². The molecule has 6 heteroatoms. The third-order valence-corrected chi connectivity index (χ3v) is 3.77. The molecule has 0 amide bonds. The van der Waals surface area contributed by atoms with Crippen molar-refractivity contribution in [2.45, 2.75) is 0 Å². The summed E-state index contributed by atoms with van der Waals surface area (Å²) in [5.41, 5.74) is 0.196. The van der Waals surface area contributed by atoms with Gasteiger partial charge in [0.2, 0.25) is 0 Å². The van der Waals surface area contributed by atoms with Gasteiger partial charge in [-0.2, -0.15) is 0 Å². The van der Waals surface area contributed by atoms with Crippen LogP contribution in [0.5, 0.6) is 0 Å². The molecule has 0 radical (unpaired) electrons. The fourth-order valence-corrected chi connectivity index (χ4v) is 3.71. The highest BCUT2D eigenvalue weighted by molar-refractivity contribution is 9.12. The van der Waals surface area contributed by atoms with Crippen molar-refractivity contribution in [3.63, 3.8) is 0 Å². The van der Waals surface area contributed by atoms with Crippen LogP contribution in [0.1, 0.15) is 20.7 Å². The number of halogens is 2. The van der Waals surface area contributed by atoms with Crippen molar-refractivity contribution < 1.29 is 14.7 Å². The summed E-state index contributed by atoms with van der Waals surface area (Å²) in [5.74, 6) is -1.11. The van der Waals surface area contributed by atoms with Gasteiger partial charge >= 0.3 is 5.97 Å². The number of carbonyl (C=O) groups is 2. The normalized spacial score (nSPS) is 9.83. The van der Waals surface area contributed by atoms with E-state index < -0.39 is 5.97 Å². The Bertz CT molecular complexity index is 345. The van der Waals surface area contributed by atoms with Crippen LogP contribution in [0.2, 0.25) is 0 Å². The maximum absolute atomic E-state index is 10.6. The highest BCUT2D eigenvalue weighted by Crippen LogP contribution is 2.35. The molecule has 0 aliphatic carbocycles. The number of aldehydes is 1. The van der Waals surface area contributed by atoms with Crippen molar-refractivity contribution in [1.82, 2.24) is 0 Å². The van der Waals surface area contributed by atoms with E-state index in [1.54, 1.807) is 0 Å². The largest absolute Gasteiger partial charge is 0.478 e. The van der Waals surface area contributed by atoms with E-state index in [2.05, 4.69) is 31.9 Å². The number of carboxylic acid groups (broad SMARTS) is 1. The van der Waals surface area contributed by atoms with Crippen LogP contribution in [0, 0.1) is 0 Å². The molecule has 1 aromatic rings. The van der Waals surface area contributed by atoms with E-state index in [9.17, 15) is 9.59 Å². The lowest BCUT2D eigenvalue weighted by molar-refractivity contribution is 0.0693. The number of rotatable bonds is 2. The molecule has 0 unspecified atom stereocenters. The first-order valence-electron chi connectivity index (χ1n) is 2.74. The number of thiophene rings is 1. The second-order valence-electron chi connectivity index (χ2n) is 1.86. The van der Waals surface area contributed by atoms with Gasteiger partial charge in [0.1, 0.15) is 0 Å². The van der Waals surface area contributed by atoms with E-state index in [0.29, 0.717) is 13.9 Å². The van der Waals surface area contributed by atoms with Crippen molar-refractivity contribution in [2.75, 3.05) is 0 Å². The summed E-state index contributed by atoms with van der Waals surface area (Å²) in [6, 6.07) is 0. The zero-order valence-corrected chi connectivity index (χ0v) is 9.49. The molecule has 1 rings (SSSR count). The molecule has 0 saturated heterocycles. The van der Waals surface area contributed by atoms with Crippen LogP contribution in [-0.4, -0.2) is 17.4 Å². The van der Waals surface area contributed by atoms with E-state index in [0.717, 1.165) is 0 Å². The fourth-order valence-electron chi connectivity index (χ4n) is 0.693. The highest BCUT2D eigenvalue weighted by atomic mass is 79.9. The van der Waals surface area contributed by atoms with Crippen molar-refractivity contribution in [3.05, 3.63) is 18.7 Å². The van der Waals surface area contributed by atoms with Gasteiger partial charge in [0.05, 0.1) is 18.7 Å². The maximum atomic E-state index is 10.6. The number of aromatic carboxylic acids is 1. The van der Waals surface area contributed by atoms with Gasteiger partial charge in [-0.05, 0) is 31.9 Å². The van der Waals surface area contributed by atoms with E-state index in [-0.39, 0.29) is 11.1 Å². The Labute approximate surface area is 88.7 Å². The summed E-state index contributed by atoms with van der Waals surface area (Å²) in [4.78, 5) is 21.1. The zero-order chi connectivity index (χ0) is 9.30. The SMILES string of the molecule is O=Cc1c(Br)sc(Br)c1C(=O)O. The topological polar surface area (TPSA) is 54.4 Å². The number of carboxylic acids is 1. The van der Waals surface area contributed by atoms with Gasteiger partial charge in [0.25, 0.3) is 0 Å². The molecule has 0 aliphatic rings. The van der Waals surface area contributed by atoms with Crippen LogP contribution in [0.25, 0.3) is 0 Å². The molecule has 64 valence electrons. The summed E-state index contributed by atoms with van der Waals surface area (Å²) < 4.78 is 0.978. The standard InChI is InChI=1S/C6H2Br2O3S/c7-4-2(1-9)3(6(10)11)5(8)12-4/h1H,(H,10,11). The Morgan fingerprint density at radius 2 is 2.00 bits per heavy atom. The van der Waals surface area contributed by atoms with E-state index in [1.807, 2.05) is 0 Å². The highest BCUT2D eigenvalue weighted by Gasteiger charge is 2.19. The van der Waals surface area contributed by atoms with Crippen LogP contribution >= 0.6 is 43.2 Å². The molecule has 0 atom stereocenters. The van der Waals surface area contributed by atoms with Crippen molar-refractivity contribution >= 4 is 55.5 Å². The molecule has 0 aliphatic heterocycles. The number of carbonyl (C=O) groups excluding carboxylic acids is 1. The maximum Gasteiger partial charge on any atom is 0.338 e. The van der Waals surface area contributed by atoms with Crippen molar-refractivity contribution in [1.29, 1.82) is 0 Å². The van der Waals surface area contributed by atoms with Crippen LogP contribution < -0.4 is 0 Å². The third kappa shape index (κ3) is 1.60. The lowest BCUT2D eigenvalue weighted by Gasteiger charge is -1.90. The van der Waals surface area contributed by atoms with Crippen molar-refractivity contribution in [3.8, 4) is 0 Å². The lowest BCUT2D eigenvalue weighted by Crippen LogP contribution is -1.99. The molecular weight excluding hydrogens is 312 g/mol. The minimum absolute atomic E-state index is 0.0156. The molecule has 0 bridgehead atoms. The summed E-state index contributed by atoms with van der Waals surface area (Å²) >= 11 is 7.32. The third-order valence-electron chi connectivity index (χ3n) is 1.19. The van der Waals surface area contributed by atoms with Gasteiger partial charge < -0.3 is 5.11 Å². The zero-order valence-electron chi connectivity index (χ0n) is 5.51. The average Bonchev–Trinajstić information content (AvgIpc) is 2.24. The first kappa shape index (κ1) is 9.88. The Kier molecular flexibility index (Phi) is 3.03. The number of hydrogen-bond donors (Lipinski definition) is 1. The molecule has 1 N–H and O–H groups in total. The van der Waals surface area contributed by atoms with E-state index in [1.165, 1.54) is 11.3 Å². The molecule has 3 nitrogen and oxygen atoms in total. The van der Waals surface area contributed by atoms with Gasteiger partial charge in [-0.1, -0.05) is 0 Å². The van der Waals surface area contributed by atoms with Gasteiger partial charge in [-0.25, -0.2) is 4.79 Å². The van der Waals surface area contributed by atoms with Crippen LogP contribution in [-0.2, 0) is 0 Å². The van der Waals surface area contributed by atoms with E-state index in [4.69, 9.17) is 5.11 Å². The average molecular weight is 314 g/mol. The Hall–Kier alpha value is -0.200. The fraction of sp³-hybridized carbons (Fsp3) is 0. The lowest BCUT2D eigenvalue weighted by atomic mass is 10.2. The van der Waals surface area contributed by atoms with Crippen LogP contribution in [0.4, 0.5) is 0 Å². The second kappa shape index (κ2) is 3.68. The van der Waals surface area contributed by atoms with Gasteiger partial charge in [0.15, 0.2) is 6.29 Å². The molecule has 1 heterocycles. The minimum atomic E-state index is -1.11. The number of hydrogen-bond acceptors (Lipinski definition) is 3. The molecule has 0 aromatic carbocycles. The Balaban J connectivity index is 3.42. The first-order valence-corrected chi connectivity index (χ1v) is 5.14. The van der Waals surface area contributed by atoms with Crippen molar-refractivity contribution in [2.24, 2.45) is 0 Å². The van der Waals surface area contributed by atoms with Gasteiger partial charge in [-0.3, -0.25) is 4.79 Å². The predicted molar refractivity (Wildman–Crippen MR) is 52.1 cm³/mol. The minimum Gasteiger partial charge on any atom is -0.478 e. The molecule has 0 spiro atoms. The summed E-state index contributed by atoms with van der Waals surface area (Å²) in [7, 11) is 0. The molecule has 0 fully saturated rings. The molecular formula is C6H2Br2O3S. The monoisotopic (exact) mass is 312 g/mol. The molecule has 0 saturated carbocycles. The second-order valence-corrected chi connectivity index (χ2v) is 5.52. The first-order chi connectivity index (χ1) is 5.57.